The Balaban J connectivity index is 1.90. The van der Waals surface area contributed by atoms with E-state index in [4.69, 9.17) is 10.00 Å². The fraction of sp³-hybridized carbons (Fsp3) is 0.150. The van der Waals surface area contributed by atoms with E-state index in [1.807, 2.05) is 6.07 Å². The molecule has 28 heavy (non-hydrogen) atoms. The third-order valence-corrected chi connectivity index (χ3v) is 3.48. The molecule has 2 aromatic carbocycles. The minimum atomic E-state index is -2.91. The Morgan fingerprint density at radius 1 is 1.14 bits per heavy atom. The number of hydrogen-bond donors (Lipinski definition) is 1. The Kier molecular flexibility index (Phi) is 7.22. The van der Waals surface area contributed by atoms with E-state index in [1.165, 1.54) is 37.3 Å². The number of carbonyl (C=O) groups excluding carboxylic acids is 2. The average molecular weight is 386 g/mol. The summed E-state index contributed by atoms with van der Waals surface area (Å²) in [7, 11) is 0. The molecule has 0 saturated heterocycles. The number of ether oxygens (including phenoxy) is 2. The molecule has 1 amide bonds. The van der Waals surface area contributed by atoms with Crippen LogP contribution in [0.4, 0.5) is 14.5 Å². The van der Waals surface area contributed by atoms with Gasteiger partial charge in [0.25, 0.3) is 5.91 Å². The minimum Gasteiger partial charge on any atom is -0.449 e. The van der Waals surface area contributed by atoms with E-state index in [-0.39, 0.29) is 11.3 Å². The van der Waals surface area contributed by atoms with Crippen molar-refractivity contribution in [2.45, 2.75) is 19.6 Å². The number of rotatable bonds is 7. The zero-order valence-electron chi connectivity index (χ0n) is 14.8. The molecule has 0 radical (unpaired) electrons. The number of carbonyl (C=O) groups is 2. The predicted octanol–water partition coefficient (Wildman–Crippen LogP) is 3.74. The topological polar surface area (TPSA) is 88.4 Å². The van der Waals surface area contributed by atoms with Crippen molar-refractivity contribution < 1.29 is 27.8 Å². The highest BCUT2D eigenvalue weighted by Crippen LogP contribution is 2.16. The first-order valence-corrected chi connectivity index (χ1v) is 8.12. The van der Waals surface area contributed by atoms with E-state index in [0.29, 0.717) is 11.3 Å². The van der Waals surface area contributed by atoms with Crippen LogP contribution in [0.2, 0.25) is 0 Å². The molecular weight excluding hydrogens is 370 g/mol. The summed E-state index contributed by atoms with van der Waals surface area (Å²) >= 11 is 0. The summed E-state index contributed by atoms with van der Waals surface area (Å²) in [5.74, 6) is -1.35. The van der Waals surface area contributed by atoms with Gasteiger partial charge in [0, 0.05) is 6.08 Å². The lowest BCUT2D eigenvalue weighted by atomic mass is 10.2. The lowest BCUT2D eigenvalue weighted by Gasteiger charge is -2.13. The van der Waals surface area contributed by atoms with E-state index in [0.717, 1.165) is 6.08 Å². The molecule has 0 spiro atoms. The van der Waals surface area contributed by atoms with E-state index in [1.54, 1.807) is 24.3 Å². The van der Waals surface area contributed by atoms with Crippen LogP contribution < -0.4 is 10.1 Å². The number of amides is 1. The van der Waals surface area contributed by atoms with Crippen LogP contribution in [0.25, 0.3) is 6.08 Å². The first-order valence-electron chi connectivity index (χ1n) is 8.12. The van der Waals surface area contributed by atoms with Gasteiger partial charge in [0.15, 0.2) is 6.10 Å². The fourth-order valence-electron chi connectivity index (χ4n) is 2.12. The summed E-state index contributed by atoms with van der Waals surface area (Å²) < 4.78 is 33.4. The summed E-state index contributed by atoms with van der Waals surface area (Å²) in [5, 5.41) is 11.5. The zero-order valence-corrected chi connectivity index (χ0v) is 14.8. The van der Waals surface area contributed by atoms with Gasteiger partial charge >= 0.3 is 12.6 Å². The quantitative estimate of drug-likeness (QED) is 0.578. The first-order chi connectivity index (χ1) is 13.4. The van der Waals surface area contributed by atoms with Gasteiger partial charge in [-0.25, -0.2) is 4.79 Å². The van der Waals surface area contributed by atoms with Crippen molar-refractivity contribution in [2.75, 3.05) is 5.32 Å². The molecule has 0 saturated carbocycles. The number of nitriles is 1. The summed E-state index contributed by atoms with van der Waals surface area (Å²) in [6.07, 6.45) is 1.42. The van der Waals surface area contributed by atoms with Crippen molar-refractivity contribution in [3.63, 3.8) is 0 Å². The summed E-state index contributed by atoms with van der Waals surface area (Å²) in [5.41, 5.74) is 1.16. The second kappa shape index (κ2) is 9.83. The molecule has 144 valence electrons. The van der Waals surface area contributed by atoms with Crippen LogP contribution in [0.5, 0.6) is 5.75 Å². The summed E-state index contributed by atoms with van der Waals surface area (Å²) in [6.45, 7) is -1.52. The largest absolute Gasteiger partial charge is 0.449 e. The van der Waals surface area contributed by atoms with Gasteiger partial charge in [-0.05, 0) is 42.8 Å². The van der Waals surface area contributed by atoms with Crippen molar-refractivity contribution >= 4 is 23.6 Å². The Morgan fingerprint density at radius 3 is 2.46 bits per heavy atom. The van der Waals surface area contributed by atoms with Crippen molar-refractivity contribution in [2.24, 2.45) is 0 Å². The van der Waals surface area contributed by atoms with Gasteiger partial charge in [-0.2, -0.15) is 14.0 Å². The van der Waals surface area contributed by atoms with E-state index >= 15 is 0 Å². The van der Waals surface area contributed by atoms with Gasteiger partial charge in [0.2, 0.25) is 0 Å². The molecule has 2 rings (SSSR count). The van der Waals surface area contributed by atoms with Gasteiger partial charge in [-0.1, -0.05) is 24.3 Å². The summed E-state index contributed by atoms with van der Waals surface area (Å²) in [6, 6.07) is 14.0. The number of halogens is 2. The Labute approximate surface area is 160 Å². The second-order valence-electron chi connectivity index (χ2n) is 5.51. The SMILES string of the molecule is C[C@H](OC(=O)/C=C/c1ccc(OC(F)F)cc1)C(=O)Nc1ccccc1C#N. The Hall–Kier alpha value is -3.73. The standard InChI is InChI=1S/C20H16F2N2O4/c1-13(19(26)24-17-5-3-2-4-15(17)12-23)27-18(25)11-8-14-6-9-16(10-7-14)28-20(21)22/h2-11,13,20H,1H3,(H,24,26)/b11-8+/t13-/m0/s1. The number of alkyl halides is 2. The van der Waals surface area contributed by atoms with Crippen LogP contribution >= 0.6 is 0 Å². The van der Waals surface area contributed by atoms with Crippen molar-refractivity contribution in [3.05, 3.63) is 65.7 Å². The predicted molar refractivity (Wildman–Crippen MR) is 97.4 cm³/mol. The molecule has 0 unspecified atom stereocenters. The average Bonchev–Trinajstić information content (AvgIpc) is 2.67. The third-order valence-electron chi connectivity index (χ3n) is 3.48. The molecule has 0 aromatic heterocycles. The molecule has 1 N–H and O–H groups in total. The maximum absolute atomic E-state index is 12.1. The highest BCUT2D eigenvalue weighted by Gasteiger charge is 2.17. The maximum atomic E-state index is 12.1. The van der Waals surface area contributed by atoms with Crippen molar-refractivity contribution in [3.8, 4) is 11.8 Å². The number of hydrogen-bond acceptors (Lipinski definition) is 5. The monoisotopic (exact) mass is 386 g/mol. The van der Waals surface area contributed by atoms with Gasteiger partial charge in [-0.3, -0.25) is 4.79 Å². The highest BCUT2D eigenvalue weighted by molar-refractivity contribution is 5.97. The van der Waals surface area contributed by atoms with Gasteiger partial charge in [0.1, 0.15) is 11.8 Å². The molecule has 8 heteroatoms. The smallest absolute Gasteiger partial charge is 0.387 e. The molecule has 0 aliphatic carbocycles. The lowest BCUT2D eigenvalue weighted by Crippen LogP contribution is -2.29. The molecule has 6 nitrogen and oxygen atoms in total. The van der Waals surface area contributed by atoms with Gasteiger partial charge in [0.05, 0.1) is 11.3 Å². The molecule has 0 heterocycles. The van der Waals surface area contributed by atoms with Crippen molar-refractivity contribution in [1.82, 2.24) is 0 Å². The molecule has 1 atom stereocenters. The van der Waals surface area contributed by atoms with Crippen LogP contribution in [-0.4, -0.2) is 24.6 Å². The molecule has 0 aliphatic rings. The highest BCUT2D eigenvalue weighted by atomic mass is 19.3. The van der Waals surface area contributed by atoms with Crippen LogP contribution in [0.3, 0.4) is 0 Å². The number of para-hydroxylation sites is 1. The number of esters is 1. The molecule has 0 aliphatic heterocycles. The van der Waals surface area contributed by atoms with Gasteiger partial charge < -0.3 is 14.8 Å². The zero-order chi connectivity index (χ0) is 20.5. The lowest BCUT2D eigenvalue weighted by molar-refractivity contribution is -0.148. The van der Waals surface area contributed by atoms with E-state index < -0.39 is 24.6 Å². The first kappa shape index (κ1) is 20.6. The van der Waals surface area contributed by atoms with E-state index in [2.05, 4.69) is 10.1 Å². The number of benzene rings is 2. The number of anilines is 1. The molecule has 0 bridgehead atoms. The normalized spacial score (nSPS) is 11.7. The van der Waals surface area contributed by atoms with Crippen LogP contribution in [-0.2, 0) is 14.3 Å². The molecule has 2 aromatic rings. The number of nitrogens with one attached hydrogen (secondary N) is 1. The fourth-order valence-corrected chi connectivity index (χ4v) is 2.12. The van der Waals surface area contributed by atoms with Crippen LogP contribution in [0.15, 0.2) is 54.6 Å². The number of nitrogens with zero attached hydrogens (tertiary/aromatic N) is 1. The van der Waals surface area contributed by atoms with Crippen LogP contribution in [0.1, 0.15) is 18.1 Å². The maximum Gasteiger partial charge on any atom is 0.387 e. The minimum absolute atomic E-state index is 0.00216. The van der Waals surface area contributed by atoms with E-state index in [9.17, 15) is 18.4 Å². The second-order valence-corrected chi connectivity index (χ2v) is 5.51. The summed E-state index contributed by atoms with van der Waals surface area (Å²) in [4.78, 5) is 24.0. The molecular formula is C20H16F2N2O4. The molecule has 0 fully saturated rings. The van der Waals surface area contributed by atoms with Gasteiger partial charge in [-0.15, -0.1) is 0 Å². The Bertz CT molecular complexity index is 905. The van der Waals surface area contributed by atoms with Crippen LogP contribution in [0, 0.1) is 11.3 Å². The Morgan fingerprint density at radius 2 is 1.82 bits per heavy atom. The third kappa shape index (κ3) is 6.21. The van der Waals surface area contributed by atoms with Crippen molar-refractivity contribution in [1.29, 1.82) is 5.26 Å².